The van der Waals surface area contributed by atoms with Crippen LogP contribution in [0.5, 0.6) is 0 Å². The highest BCUT2D eigenvalue weighted by Gasteiger charge is 2.65. The van der Waals surface area contributed by atoms with Crippen LogP contribution in [0.4, 0.5) is 0 Å². The van der Waals surface area contributed by atoms with Crippen LogP contribution in [0.2, 0.25) is 0 Å². The van der Waals surface area contributed by atoms with E-state index in [2.05, 4.69) is 69.2 Å². The van der Waals surface area contributed by atoms with Gasteiger partial charge in [-0.15, -0.1) is 0 Å². The van der Waals surface area contributed by atoms with E-state index in [1.165, 1.54) is 0 Å². The van der Waals surface area contributed by atoms with Crippen LogP contribution in [0.1, 0.15) is 121 Å². The van der Waals surface area contributed by atoms with Crippen LogP contribution < -0.4 is 0 Å². The number of ether oxygens (including phenoxy) is 7. The highest BCUT2D eigenvalue weighted by Crippen LogP contribution is 2.55. The molecule has 8 nitrogen and oxygen atoms in total. The van der Waals surface area contributed by atoms with Crippen molar-refractivity contribution in [1.29, 1.82) is 0 Å². The van der Waals surface area contributed by atoms with Crippen molar-refractivity contribution < 1.29 is 38.0 Å². The Morgan fingerprint density at radius 3 is 2.10 bits per heavy atom. The molecular weight excluding hydrogens is 536 g/mol. The molecule has 5 saturated heterocycles. The first kappa shape index (κ1) is 31.2. The van der Waals surface area contributed by atoms with E-state index in [1.807, 2.05) is 0 Å². The minimum absolute atomic E-state index is 0.000457. The van der Waals surface area contributed by atoms with Gasteiger partial charge in [-0.05, 0) is 113 Å². The number of fused-ring (bicyclic) bond motifs is 1. The number of rotatable bonds is 15. The van der Waals surface area contributed by atoms with Gasteiger partial charge in [-0.3, -0.25) is 4.79 Å². The van der Waals surface area contributed by atoms with Crippen molar-refractivity contribution in [2.45, 2.75) is 191 Å². The predicted molar refractivity (Wildman–Crippen MR) is 157 cm³/mol. The average molecular weight is 593 g/mol. The number of hydrogen-bond acceptors (Lipinski definition) is 8. The van der Waals surface area contributed by atoms with Crippen LogP contribution in [0.15, 0.2) is 0 Å². The van der Waals surface area contributed by atoms with Crippen molar-refractivity contribution >= 4 is 5.97 Å². The van der Waals surface area contributed by atoms with E-state index in [1.54, 1.807) is 0 Å². The third-order valence-electron chi connectivity index (χ3n) is 11.8. The van der Waals surface area contributed by atoms with Crippen LogP contribution >= 0.6 is 0 Å². The van der Waals surface area contributed by atoms with Crippen molar-refractivity contribution in [1.82, 2.24) is 0 Å². The molecule has 6 rings (SSSR count). The summed E-state index contributed by atoms with van der Waals surface area (Å²) < 4.78 is 42.5. The first-order chi connectivity index (χ1) is 19.4. The van der Waals surface area contributed by atoms with Crippen molar-refractivity contribution in [2.24, 2.45) is 11.8 Å². The van der Waals surface area contributed by atoms with Gasteiger partial charge < -0.3 is 33.2 Å². The molecule has 0 amide bonds. The van der Waals surface area contributed by atoms with Gasteiger partial charge in [0.1, 0.15) is 17.8 Å². The summed E-state index contributed by atoms with van der Waals surface area (Å²) in [6.07, 6.45) is 7.89. The Kier molecular flexibility index (Phi) is 7.52. The van der Waals surface area contributed by atoms with Crippen LogP contribution in [0.3, 0.4) is 0 Å². The second-order valence-corrected chi connectivity index (χ2v) is 16.7. The maximum Gasteiger partial charge on any atom is 0.306 e. The molecule has 0 spiro atoms. The van der Waals surface area contributed by atoms with E-state index in [0.29, 0.717) is 25.2 Å². The summed E-state index contributed by atoms with van der Waals surface area (Å²) in [5.41, 5.74) is -0.972. The molecule has 0 aromatic heterocycles. The minimum Gasteiger partial charge on any atom is -0.459 e. The van der Waals surface area contributed by atoms with Gasteiger partial charge in [0.15, 0.2) is 0 Å². The molecule has 6 aliphatic rings. The van der Waals surface area contributed by atoms with Crippen molar-refractivity contribution in [3.05, 3.63) is 0 Å². The van der Waals surface area contributed by atoms with E-state index >= 15 is 0 Å². The van der Waals surface area contributed by atoms with Gasteiger partial charge in [-0.1, -0.05) is 6.92 Å². The molecule has 11 unspecified atom stereocenters. The Balaban J connectivity index is 0.931. The molecule has 42 heavy (non-hydrogen) atoms. The van der Waals surface area contributed by atoms with Crippen molar-refractivity contribution in [3.63, 3.8) is 0 Å². The van der Waals surface area contributed by atoms with Gasteiger partial charge >= 0.3 is 5.97 Å². The number of epoxide rings is 5. The standard InChI is InChI=1S/C34H56O8/c1-20(11-12-22-30(4,5)38-22)15-28(35)37-24-16-21(17-25-34(24,10)42-25)29(2,3)36-19-27-33(9,41-27)18-26-32(8,40-26)14-13-23-31(6,7)39-23/h20-27H,11-19H2,1-10H3. The Hall–Kier alpha value is -0.770. The summed E-state index contributed by atoms with van der Waals surface area (Å²) >= 11 is 0. The number of hydrogen-bond donors (Lipinski definition) is 0. The lowest BCUT2D eigenvalue weighted by molar-refractivity contribution is -0.158. The smallest absolute Gasteiger partial charge is 0.306 e. The normalized spacial score (nSPS) is 46.4. The molecule has 0 bridgehead atoms. The predicted octanol–water partition coefficient (Wildman–Crippen LogP) is 5.91. The molecular formula is C34H56O8. The molecule has 8 heteroatoms. The Morgan fingerprint density at radius 1 is 0.833 bits per heavy atom. The zero-order chi connectivity index (χ0) is 30.5. The third-order valence-corrected chi connectivity index (χ3v) is 11.8. The quantitative estimate of drug-likeness (QED) is 0.171. The number of esters is 1. The van der Waals surface area contributed by atoms with Gasteiger partial charge in [0.25, 0.3) is 0 Å². The van der Waals surface area contributed by atoms with Gasteiger partial charge in [-0.25, -0.2) is 0 Å². The van der Waals surface area contributed by atoms with E-state index in [9.17, 15) is 4.79 Å². The van der Waals surface area contributed by atoms with Gasteiger partial charge in [0.05, 0.1) is 59.0 Å². The molecule has 0 radical (unpaired) electrons. The van der Waals surface area contributed by atoms with Crippen LogP contribution in [0.25, 0.3) is 0 Å². The monoisotopic (exact) mass is 592 g/mol. The first-order valence-corrected chi connectivity index (χ1v) is 16.6. The zero-order valence-electron chi connectivity index (χ0n) is 27.7. The van der Waals surface area contributed by atoms with Crippen LogP contribution in [-0.4, -0.2) is 82.8 Å². The molecule has 5 heterocycles. The lowest BCUT2D eigenvalue weighted by Gasteiger charge is -2.39. The maximum absolute atomic E-state index is 12.9. The largest absolute Gasteiger partial charge is 0.459 e. The van der Waals surface area contributed by atoms with E-state index in [-0.39, 0.29) is 75.8 Å². The molecule has 0 aromatic rings. The summed E-state index contributed by atoms with van der Waals surface area (Å²) in [6.45, 7) is 22.0. The summed E-state index contributed by atoms with van der Waals surface area (Å²) in [6, 6.07) is 0. The van der Waals surface area contributed by atoms with E-state index in [0.717, 1.165) is 44.9 Å². The molecule has 1 aliphatic carbocycles. The minimum atomic E-state index is -0.378. The molecule has 11 atom stereocenters. The van der Waals surface area contributed by atoms with Gasteiger partial charge in [-0.2, -0.15) is 0 Å². The Labute approximate surface area is 253 Å². The third kappa shape index (κ3) is 6.46. The van der Waals surface area contributed by atoms with Gasteiger partial charge in [0.2, 0.25) is 0 Å². The van der Waals surface area contributed by atoms with Crippen LogP contribution in [0, 0.1) is 11.8 Å². The first-order valence-electron chi connectivity index (χ1n) is 16.6. The summed E-state index contributed by atoms with van der Waals surface area (Å²) in [7, 11) is 0. The SMILES string of the molecule is CC(CCC1OC1(C)C)CC(=O)OC1CC(C(C)(C)OCC2OC2(C)CC2OC2(C)CCC2OC2(C)C)CC2OC12C. The molecule has 1 saturated carbocycles. The van der Waals surface area contributed by atoms with E-state index in [4.69, 9.17) is 33.2 Å². The lowest BCUT2D eigenvalue weighted by Crippen LogP contribution is -2.47. The maximum atomic E-state index is 12.9. The fourth-order valence-electron chi connectivity index (χ4n) is 7.57. The zero-order valence-corrected chi connectivity index (χ0v) is 27.7. The average Bonchev–Trinajstić information content (AvgIpc) is 3.75. The molecule has 6 fully saturated rings. The molecule has 0 N–H and O–H groups in total. The van der Waals surface area contributed by atoms with Gasteiger partial charge in [0, 0.05) is 12.8 Å². The van der Waals surface area contributed by atoms with Crippen molar-refractivity contribution in [2.75, 3.05) is 6.61 Å². The number of carbonyl (C=O) groups is 1. The highest BCUT2D eigenvalue weighted by atomic mass is 16.7. The van der Waals surface area contributed by atoms with E-state index < -0.39 is 0 Å². The van der Waals surface area contributed by atoms with Crippen molar-refractivity contribution in [3.8, 4) is 0 Å². The molecule has 5 aliphatic heterocycles. The fraction of sp³-hybridized carbons (Fsp3) is 0.971. The Morgan fingerprint density at radius 2 is 1.45 bits per heavy atom. The lowest BCUT2D eigenvalue weighted by atomic mass is 9.73. The Bertz CT molecular complexity index is 1060. The fourth-order valence-corrected chi connectivity index (χ4v) is 7.57. The molecule has 240 valence electrons. The second kappa shape index (κ2) is 10.1. The molecule has 0 aromatic carbocycles. The summed E-state index contributed by atoms with van der Waals surface area (Å²) in [5, 5.41) is 0. The second-order valence-electron chi connectivity index (χ2n) is 16.7. The summed E-state index contributed by atoms with van der Waals surface area (Å²) in [4.78, 5) is 12.9. The summed E-state index contributed by atoms with van der Waals surface area (Å²) in [5.74, 6) is 0.381. The topological polar surface area (TPSA) is 98.2 Å². The number of carbonyl (C=O) groups excluding carboxylic acids is 1. The highest BCUT2D eigenvalue weighted by molar-refractivity contribution is 5.70. The van der Waals surface area contributed by atoms with Crippen LogP contribution in [-0.2, 0) is 38.0 Å².